The van der Waals surface area contributed by atoms with E-state index in [0.29, 0.717) is 12.5 Å². The van der Waals surface area contributed by atoms with E-state index in [1.807, 2.05) is 25.1 Å². The highest BCUT2D eigenvalue weighted by molar-refractivity contribution is 5.43. The second kappa shape index (κ2) is 5.75. The minimum Gasteiger partial charge on any atom is -0.493 e. The Morgan fingerprint density at radius 2 is 1.88 bits per heavy atom. The standard InChI is InChI=1S/C13H21NO2/c1-9(2)8-16-12-6-5-11(10(3)14)7-13(12)15-4/h5-7,9-10H,8,14H2,1-4H3/t10-/m0/s1. The van der Waals surface area contributed by atoms with Gasteiger partial charge in [-0.15, -0.1) is 0 Å². The van der Waals surface area contributed by atoms with Gasteiger partial charge in [0.15, 0.2) is 11.5 Å². The largest absolute Gasteiger partial charge is 0.493 e. The van der Waals surface area contributed by atoms with Crippen LogP contribution in [0.15, 0.2) is 18.2 Å². The van der Waals surface area contributed by atoms with Gasteiger partial charge in [0, 0.05) is 6.04 Å². The van der Waals surface area contributed by atoms with Crippen molar-refractivity contribution in [2.24, 2.45) is 11.7 Å². The van der Waals surface area contributed by atoms with Gasteiger partial charge >= 0.3 is 0 Å². The Morgan fingerprint density at radius 3 is 2.38 bits per heavy atom. The van der Waals surface area contributed by atoms with Crippen molar-refractivity contribution in [3.63, 3.8) is 0 Å². The first-order valence-corrected chi connectivity index (χ1v) is 5.61. The minimum atomic E-state index is 0.00745. The Morgan fingerprint density at radius 1 is 1.19 bits per heavy atom. The normalized spacial score (nSPS) is 12.6. The van der Waals surface area contributed by atoms with Crippen molar-refractivity contribution in [2.75, 3.05) is 13.7 Å². The summed E-state index contributed by atoms with van der Waals surface area (Å²) in [6.07, 6.45) is 0. The van der Waals surface area contributed by atoms with Crippen molar-refractivity contribution in [3.8, 4) is 11.5 Å². The zero-order chi connectivity index (χ0) is 12.1. The highest BCUT2D eigenvalue weighted by Gasteiger charge is 2.08. The number of ether oxygens (including phenoxy) is 2. The van der Waals surface area contributed by atoms with Crippen LogP contribution in [0.25, 0.3) is 0 Å². The number of hydrogen-bond acceptors (Lipinski definition) is 3. The summed E-state index contributed by atoms with van der Waals surface area (Å²) in [5.41, 5.74) is 6.86. The third-order valence-electron chi connectivity index (χ3n) is 2.29. The number of hydrogen-bond donors (Lipinski definition) is 1. The summed E-state index contributed by atoms with van der Waals surface area (Å²) in [5.74, 6) is 2.02. The van der Waals surface area contributed by atoms with Crippen LogP contribution in [-0.2, 0) is 0 Å². The van der Waals surface area contributed by atoms with Gasteiger partial charge in [-0.2, -0.15) is 0 Å². The van der Waals surface area contributed by atoms with E-state index in [0.717, 1.165) is 17.1 Å². The van der Waals surface area contributed by atoms with Gasteiger partial charge in [-0.3, -0.25) is 0 Å². The van der Waals surface area contributed by atoms with Crippen LogP contribution in [0.1, 0.15) is 32.4 Å². The van der Waals surface area contributed by atoms with Gasteiger partial charge in [-0.25, -0.2) is 0 Å². The molecule has 3 heteroatoms. The van der Waals surface area contributed by atoms with Crippen molar-refractivity contribution in [3.05, 3.63) is 23.8 Å². The number of benzene rings is 1. The van der Waals surface area contributed by atoms with Crippen LogP contribution in [0.2, 0.25) is 0 Å². The lowest BCUT2D eigenvalue weighted by atomic mass is 10.1. The molecule has 0 radical (unpaired) electrons. The zero-order valence-electron chi connectivity index (χ0n) is 10.5. The molecular weight excluding hydrogens is 202 g/mol. The lowest BCUT2D eigenvalue weighted by Gasteiger charge is -2.14. The Labute approximate surface area is 97.6 Å². The minimum absolute atomic E-state index is 0.00745. The molecule has 0 bridgehead atoms. The summed E-state index contributed by atoms with van der Waals surface area (Å²) in [6, 6.07) is 5.83. The molecule has 0 amide bonds. The summed E-state index contributed by atoms with van der Waals surface area (Å²) >= 11 is 0. The van der Waals surface area contributed by atoms with E-state index in [9.17, 15) is 0 Å². The molecule has 0 aromatic heterocycles. The van der Waals surface area contributed by atoms with E-state index < -0.39 is 0 Å². The molecule has 2 N–H and O–H groups in total. The molecule has 0 heterocycles. The van der Waals surface area contributed by atoms with Crippen molar-refractivity contribution in [1.82, 2.24) is 0 Å². The second-order valence-electron chi connectivity index (χ2n) is 4.40. The summed E-state index contributed by atoms with van der Waals surface area (Å²) in [7, 11) is 1.64. The first-order chi connectivity index (χ1) is 7.54. The van der Waals surface area contributed by atoms with Crippen molar-refractivity contribution in [2.45, 2.75) is 26.8 Å². The molecule has 1 rings (SSSR count). The predicted octanol–water partition coefficient (Wildman–Crippen LogP) is 2.75. The fourth-order valence-corrected chi connectivity index (χ4v) is 1.34. The van der Waals surface area contributed by atoms with Gasteiger partial charge in [0.05, 0.1) is 13.7 Å². The fraction of sp³-hybridized carbons (Fsp3) is 0.538. The summed E-state index contributed by atoms with van der Waals surface area (Å²) in [4.78, 5) is 0. The quantitative estimate of drug-likeness (QED) is 0.834. The van der Waals surface area contributed by atoms with E-state index >= 15 is 0 Å². The average molecular weight is 223 g/mol. The molecule has 0 aliphatic heterocycles. The van der Waals surface area contributed by atoms with E-state index in [1.54, 1.807) is 7.11 Å². The molecule has 0 saturated heterocycles. The first-order valence-electron chi connectivity index (χ1n) is 5.61. The summed E-state index contributed by atoms with van der Waals surface area (Å²) in [6.45, 7) is 6.86. The number of methoxy groups -OCH3 is 1. The van der Waals surface area contributed by atoms with Gasteiger partial charge in [-0.1, -0.05) is 19.9 Å². The van der Waals surface area contributed by atoms with Gasteiger partial charge in [0.1, 0.15) is 0 Å². The Hall–Kier alpha value is -1.22. The summed E-state index contributed by atoms with van der Waals surface area (Å²) < 4.78 is 10.9. The molecule has 0 unspecified atom stereocenters. The molecule has 1 atom stereocenters. The van der Waals surface area contributed by atoms with Crippen LogP contribution in [0.5, 0.6) is 11.5 Å². The topological polar surface area (TPSA) is 44.5 Å². The third-order valence-corrected chi connectivity index (χ3v) is 2.29. The molecule has 0 saturated carbocycles. The van der Waals surface area contributed by atoms with Crippen LogP contribution < -0.4 is 15.2 Å². The maximum Gasteiger partial charge on any atom is 0.161 e. The highest BCUT2D eigenvalue weighted by atomic mass is 16.5. The molecule has 0 fully saturated rings. The van der Waals surface area contributed by atoms with Gasteiger partial charge in [0.25, 0.3) is 0 Å². The van der Waals surface area contributed by atoms with Crippen molar-refractivity contribution < 1.29 is 9.47 Å². The van der Waals surface area contributed by atoms with E-state index in [4.69, 9.17) is 15.2 Å². The molecule has 1 aromatic carbocycles. The molecule has 90 valence electrons. The molecular formula is C13H21NO2. The molecule has 1 aromatic rings. The SMILES string of the molecule is COc1cc([C@H](C)N)ccc1OCC(C)C. The number of nitrogens with two attached hydrogens (primary N) is 1. The smallest absolute Gasteiger partial charge is 0.161 e. The average Bonchev–Trinajstić information content (AvgIpc) is 2.25. The van der Waals surface area contributed by atoms with Crippen molar-refractivity contribution in [1.29, 1.82) is 0 Å². The van der Waals surface area contributed by atoms with Crippen LogP contribution in [-0.4, -0.2) is 13.7 Å². The Balaban J connectivity index is 2.84. The zero-order valence-corrected chi connectivity index (χ0v) is 10.5. The van der Waals surface area contributed by atoms with Crippen molar-refractivity contribution >= 4 is 0 Å². The first kappa shape index (κ1) is 12.8. The van der Waals surface area contributed by atoms with Crippen LogP contribution in [0.3, 0.4) is 0 Å². The fourth-order valence-electron chi connectivity index (χ4n) is 1.34. The maximum absolute atomic E-state index is 5.81. The predicted molar refractivity (Wildman–Crippen MR) is 65.9 cm³/mol. The number of rotatable bonds is 5. The second-order valence-corrected chi connectivity index (χ2v) is 4.40. The van der Waals surface area contributed by atoms with Gasteiger partial charge in [0.2, 0.25) is 0 Å². The third kappa shape index (κ3) is 3.42. The highest BCUT2D eigenvalue weighted by Crippen LogP contribution is 2.30. The molecule has 3 nitrogen and oxygen atoms in total. The van der Waals surface area contributed by atoms with Crippen LogP contribution in [0.4, 0.5) is 0 Å². The monoisotopic (exact) mass is 223 g/mol. The Kier molecular flexibility index (Phi) is 4.62. The molecule has 0 spiro atoms. The van der Waals surface area contributed by atoms with E-state index in [-0.39, 0.29) is 6.04 Å². The lowest BCUT2D eigenvalue weighted by Crippen LogP contribution is -2.08. The van der Waals surface area contributed by atoms with Gasteiger partial charge in [-0.05, 0) is 30.5 Å². The maximum atomic E-state index is 5.81. The lowest BCUT2D eigenvalue weighted by molar-refractivity contribution is 0.256. The molecule has 0 aliphatic rings. The van der Waals surface area contributed by atoms with E-state index in [1.165, 1.54) is 0 Å². The summed E-state index contributed by atoms with van der Waals surface area (Å²) in [5, 5.41) is 0. The molecule has 16 heavy (non-hydrogen) atoms. The van der Waals surface area contributed by atoms with Crippen LogP contribution in [0, 0.1) is 5.92 Å². The van der Waals surface area contributed by atoms with Crippen LogP contribution >= 0.6 is 0 Å². The molecule has 0 aliphatic carbocycles. The Bertz CT molecular complexity index is 335. The van der Waals surface area contributed by atoms with E-state index in [2.05, 4.69) is 13.8 Å². The van der Waals surface area contributed by atoms with Gasteiger partial charge < -0.3 is 15.2 Å².